The van der Waals surface area contributed by atoms with Crippen LogP contribution in [-0.4, -0.2) is 23.0 Å². The van der Waals surface area contributed by atoms with Gasteiger partial charge in [-0.05, 0) is 42.3 Å². The van der Waals surface area contributed by atoms with Gasteiger partial charge in [-0.15, -0.1) is 0 Å². The molecule has 2 aromatic rings. The normalized spacial score (nSPS) is 11.8. The predicted molar refractivity (Wildman–Crippen MR) is 104 cm³/mol. The molecule has 0 aliphatic rings. The molecule has 0 fully saturated rings. The van der Waals surface area contributed by atoms with Crippen molar-refractivity contribution in [3.8, 4) is 5.75 Å². The van der Waals surface area contributed by atoms with Crippen LogP contribution in [0.25, 0.3) is 0 Å². The van der Waals surface area contributed by atoms with Crippen molar-refractivity contribution in [2.75, 3.05) is 18.2 Å². The highest BCUT2D eigenvalue weighted by Crippen LogP contribution is 2.27. The van der Waals surface area contributed by atoms with Crippen LogP contribution in [0.1, 0.15) is 18.4 Å². The lowest BCUT2D eigenvalue weighted by atomic mass is 10.2. The molecule has 0 aliphatic heterocycles. The zero-order valence-electron chi connectivity index (χ0n) is 13.8. The maximum absolute atomic E-state index is 12.0. The molecule has 0 heterocycles. The van der Waals surface area contributed by atoms with Crippen LogP contribution >= 0.6 is 23.2 Å². The summed E-state index contributed by atoms with van der Waals surface area (Å²) in [5.74, 6) is 0.923. The summed E-state index contributed by atoms with van der Waals surface area (Å²) >= 11 is 11.8. The van der Waals surface area contributed by atoms with E-state index >= 15 is 0 Å². The summed E-state index contributed by atoms with van der Waals surface area (Å²) < 4.78 is 16.8. The van der Waals surface area contributed by atoms with Gasteiger partial charge in [0.15, 0.2) is 0 Å². The van der Waals surface area contributed by atoms with E-state index in [2.05, 4.69) is 5.32 Å². The first-order valence-electron chi connectivity index (χ1n) is 7.70. The number of rotatable bonds is 8. The Kier molecular flexibility index (Phi) is 7.75. The van der Waals surface area contributed by atoms with Gasteiger partial charge in [0.25, 0.3) is 0 Å². The molecular formula is C18H19Cl2NO3S. The predicted octanol–water partition coefficient (Wildman–Crippen LogP) is 4.67. The minimum atomic E-state index is -0.914. The molecule has 1 amide bonds. The summed E-state index contributed by atoms with van der Waals surface area (Å²) in [4.78, 5) is 12.0. The van der Waals surface area contributed by atoms with Crippen LogP contribution < -0.4 is 10.1 Å². The second-order valence-electron chi connectivity index (χ2n) is 5.49. The lowest BCUT2D eigenvalue weighted by Crippen LogP contribution is -2.13. The lowest BCUT2D eigenvalue weighted by molar-refractivity contribution is -0.116. The van der Waals surface area contributed by atoms with E-state index in [0.717, 1.165) is 5.56 Å². The van der Waals surface area contributed by atoms with Gasteiger partial charge in [-0.25, -0.2) is 0 Å². The third-order valence-corrected chi connectivity index (χ3v) is 4.55. The van der Waals surface area contributed by atoms with Gasteiger partial charge >= 0.3 is 0 Å². The topological polar surface area (TPSA) is 55.4 Å². The largest absolute Gasteiger partial charge is 0.492 e. The average Bonchev–Trinajstić information content (AvgIpc) is 2.53. The first-order valence-corrected chi connectivity index (χ1v) is 10.2. The lowest BCUT2D eigenvalue weighted by Gasteiger charge is -2.09. The number of benzene rings is 2. The summed E-state index contributed by atoms with van der Waals surface area (Å²) in [6, 6.07) is 12.4. The third-order valence-electron chi connectivity index (χ3n) is 3.28. The monoisotopic (exact) mass is 399 g/mol. The number of hydrogen-bond acceptors (Lipinski definition) is 3. The first-order chi connectivity index (χ1) is 11.9. The quantitative estimate of drug-likeness (QED) is 0.656. The van der Waals surface area contributed by atoms with Gasteiger partial charge in [-0.3, -0.25) is 9.00 Å². The van der Waals surface area contributed by atoms with Crippen LogP contribution in [-0.2, 0) is 21.3 Å². The summed E-state index contributed by atoms with van der Waals surface area (Å²) in [6.45, 7) is 0.379. The molecule has 7 heteroatoms. The van der Waals surface area contributed by atoms with Gasteiger partial charge in [0.2, 0.25) is 5.91 Å². The van der Waals surface area contributed by atoms with Crippen molar-refractivity contribution in [3.05, 3.63) is 58.1 Å². The number of carbonyl (C=O) groups is 1. The summed E-state index contributed by atoms with van der Waals surface area (Å²) in [6.07, 6.45) is 2.54. The molecule has 1 atom stereocenters. The average molecular weight is 400 g/mol. The third kappa shape index (κ3) is 7.06. The van der Waals surface area contributed by atoms with Gasteiger partial charge in [-0.2, -0.15) is 0 Å². The van der Waals surface area contributed by atoms with E-state index in [1.165, 1.54) is 0 Å². The molecule has 0 spiro atoms. The Hall–Kier alpha value is -1.56. The number of hydrogen-bond donors (Lipinski definition) is 1. The van der Waals surface area contributed by atoms with Crippen molar-refractivity contribution < 1.29 is 13.7 Å². The highest BCUT2D eigenvalue weighted by atomic mass is 35.5. The zero-order valence-corrected chi connectivity index (χ0v) is 16.1. The Morgan fingerprint density at radius 3 is 2.72 bits per heavy atom. The fourth-order valence-electron chi connectivity index (χ4n) is 2.20. The molecule has 4 nitrogen and oxygen atoms in total. The molecule has 0 bridgehead atoms. The molecule has 0 saturated heterocycles. The van der Waals surface area contributed by atoms with Crippen LogP contribution in [0.3, 0.4) is 0 Å². The Bertz CT molecular complexity index is 768. The van der Waals surface area contributed by atoms with Crippen molar-refractivity contribution in [1.29, 1.82) is 0 Å². The smallest absolute Gasteiger partial charge is 0.224 e. The Morgan fingerprint density at radius 1 is 1.20 bits per heavy atom. The van der Waals surface area contributed by atoms with Crippen molar-refractivity contribution in [2.45, 2.75) is 18.6 Å². The molecule has 0 aliphatic carbocycles. The Labute approximate surface area is 159 Å². The van der Waals surface area contributed by atoms with E-state index in [1.54, 1.807) is 24.5 Å². The van der Waals surface area contributed by atoms with E-state index in [0.29, 0.717) is 46.7 Å². The van der Waals surface area contributed by atoms with Gasteiger partial charge in [0, 0.05) is 39.9 Å². The number of ether oxygens (including phenoxy) is 1. The fourth-order valence-corrected chi connectivity index (χ4v) is 3.32. The molecule has 0 radical (unpaired) electrons. The van der Waals surface area contributed by atoms with Crippen LogP contribution in [0.15, 0.2) is 42.5 Å². The minimum absolute atomic E-state index is 0.0967. The number of nitrogens with one attached hydrogen (secondary N) is 1. The molecule has 134 valence electrons. The molecular weight excluding hydrogens is 381 g/mol. The van der Waals surface area contributed by atoms with Gasteiger partial charge in [-0.1, -0.05) is 35.3 Å². The second-order valence-corrected chi connectivity index (χ2v) is 7.77. The highest BCUT2D eigenvalue weighted by Gasteiger charge is 2.06. The van der Waals surface area contributed by atoms with Crippen LogP contribution in [0.2, 0.25) is 10.0 Å². The van der Waals surface area contributed by atoms with E-state index in [-0.39, 0.29) is 5.91 Å². The number of halogens is 2. The molecule has 0 saturated carbocycles. The van der Waals surface area contributed by atoms with Crippen molar-refractivity contribution in [3.63, 3.8) is 0 Å². The zero-order chi connectivity index (χ0) is 18.2. The minimum Gasteiger partial charge on any atom is -0.492 e. The number of anilines is 1. The molecule has 0 aromatic heterocycles. The highest BCUT2D eigenvalue weighted by molar-refractivity contribution is 7.83. The Morgan fingerprint density at radius 2 is 2.00 bits per heavy atom. The van der Waals surface area contributed by atoms with Crippen molar-refractivity contribution in [2.24, 2.45) is 0 Å². The molecule has 1 unspecified atom stereocenters. The second kappa shape index (κ2) is 9.80. The standard InChI is InChI=1S/C18H19Cl2NO3S/c1-25(23)12-13-4-2-5-15(10-13)21-18(22)6-3-9-24-17-8-7-14(19)11-16(17)20/h2,4-5,7-8,10-11H,3,6,9,12H2,1H3,(H,21,22). The van der Waals surface area contributed by atoms with Crippen LogP contribution in [0.4, 0.5) is 5.69 Å². The molecule has 1 N–H and O–H groups in total. The maximum Gasteiger partial charge on any atom is 0.224 e. The Balaban J connectivity index is 1.76. The van der Waals surface area contributed by atoms with Crippen LogP contribution in [0.5, 0.6) is 5.75 Å². The van der Waals surface area contributed by atoms with E-state index in [4.69, 9.17) is 27.9 Å². The maximum atomic E-state index is 12.0. The van der Waals surface area contributed by atoms with Gasteiger partial charge in [0.1, 0.15) is 5.75 Å². The first kappa shape index (κ1) is 19.8. The van der Waals surface area contributed by atoms with Gasteiger partial charge in [0.05, 0.1) is 11.6 Å². The fraction of sp³-hybridized carbons (Fsp3) is 0.278. The van der Waals surface area contributed by atoms with E-state index in [1.807, 2.05) is 24.3 Å². The van der Waals surface area contributed by atoms with Crippen molar-refractivity contribution in [1.82, 2.24) is 0 Å². The molecule has 25 heavy (non-hydrogen) atoms. The van der Waals surface area contributed by atoms with Crippen LogP contribution in [0, 0.1) is 0 Å². The number of carbonyl (C=O) groups excluding carboxylic acids is 1. The summed E-state index contributed by atoms with van der Waals surface area (Å²) in [7, 11) is -0.914. The molecule has 2 rings (SSSR count). The number of amides is 1. The molecule has 2 aromatic carbocycles. The van der Waals surface area contributed by atoms with Gasteiger partial charge < -0.3 is 10.1 Å². The summed E-state index contributed by atoms with van der Waals surface area (Å²) in [5, 5.41) is 3.83. The summed E-state index contributed by atoms with van der Waals surface area (Å²) in [5.41, 5.74) is 1.63. The van der Waals surface area contributed by atoms with Crippen molar-refractivity contribution >= 4 is 45.6 Å². The van der Waals surface area contributed by atoms with E-state index in [9.17, 15) is 9.00 Å². The SMILES string of the molecule is CS(=O)Cc1cccc(NC(=O)CCCOc2ccc(Cl)cc2Cl)c1. The van der Waals surface area contributed by atoms with E-state index < -0.39 is 10.8 Å².